The number of nitrogens with one attached hydrogen (secondary N) is 1. The summed E-state index contributed by atoms with van der Waals surface area (Å²) in [6, 6.07) is 0. The molecule has 0 unspecified atom stereocenters. The second kappa shape index (κ2) is 4.79. The molecule has 92 valence electrons. The maximum absolute atomic E-state index is 11.0. The molecule has 0 aliphatic carbocycles. The molecule has 0 aliphatic heterocycles. The van der Waals surface area contributed by atoms with Gasteiger partial charge in [0.15, 0.2) is 5.65 Å². The molecular formula is C8H9ClN4O2S2. The van der Waals surface area contributed by atoms with E-state index in [4.69, 9.17) is 11.6 Å². The average molecular weight is 293 g/mol. The van der Waals surface area contributed by atoms with Gasteiger partial charge in [-0.2, -0.15) is 4.98 Å². The van der Waals surface area contributed by atoms with Crippen molar-refractivity contribution in [2.75, 3.05) is 17.8 Å². The summed E-state index contributed by atoms with van der Waals surface area (Å²) in [6.07, 6.45) is 2.70. The second-order valence-corrected chi connectivity index (χ2v) is 7.06. The van der Waals surface area contributed by atoms with E-state index in [1.807, 2.05) is 0 Å². The van der Waals surface area contributed by atoms with Crippen molar-refractivity contribution in [2.24, 2.45) is 0 Å². The van der Waals surface area contributed by atoms with Crippen molar-refractivity contribution in [1.29, 1.82) is 0 Å². The number of thioether (sulfide) groups is 1. The molecule has 6 nitrogen and oxygen atoms in total. The fourth-order valence-electron chi connectivity index (χ4n) is 1.18. The zero-order valence-electron chi connectivity index (χ0n) is 8.84. The molecule has 0 saturated heterocycles. The normalized spacial score (nSPS) is 12.1. The van der Waals surface area contributed by atoms with Crippen molar-refractivity contribution in [3.63, 3.8) is 0 Å². The standard InChI is InChI=1S/C8H9ClN4O2S2/c1-17(14,15)3-2-16-7-5-6(11-4-10-5)12-8(9)13-7/h4H,2-3H2,1H3,(H,10,11,12,13). The van der Waals surface area contributed by atoms with Gasteiger partial charge in [0.25, 0.3) is 0 Å². The Kier molecular flexibility index (Phi) is 3.55. The third kappa shape index (κ3) is 3.30. The van der Waals surface area contributed by atoms with Crippen LogP contribution in [0.25, 0.3) is 11.2 Å². The molecule has 0 aliphatic rings. The van der Waals surface area contributed by atoms with Crippen LogP contribution in [0.4, 0.5) is 0 Å². The predicted molar refractivity (Wildman–Crippen MR) is 67.1 cm³/mol. The van der Waals surface area contributed by atoms with E-state index in [2.05, 4.69) is 19.9 Å². The maximum atomic E-state index is 11.0. The molecule has 2 aromatic heterocycles. The van der Waals surface area contributed by atoms with Gasteiger partial charge in [-0.1, -0.05) is 0 Å². The molecular weight excluding hydrogens is 284 g/mol. The minimum Gasteiger partial charge on any atom is -0.341 e. The van der Waals surface area contributed by atoms with Crippen LogP contribution in [0.1, 0.15) is 0 Å². The van der Waals surface area contributed by atoms with Crippen LogP contribution in [0, 0.1) is 0 Å². The van der Waals surface area contributed by atoms with Crippen LogP contribution in [0.2, 0.25) is 5.28 Å². The molecule has 17 heavy (non-hydrogen) atoms. The lowest BCUT2D eigenvalue weighted by atomic mass is 10.6. The molecule has 2 rings (SSSR count). The first kappa shape index (κ1) is 12.6. The van der Waals surface area contributed by atoms with E-state index in [9.17, 15) is 8.42 Å². The van der Waals surface area contributed by atoms with E-state index < -0.39 is 9.84 Å². The van der Waals surface area contributed by atoms with E-state index in [1.165, 1.54) is 24.3 Å². The van der Waals surface area contributed by atoms with Crippen LogP contribution in [-0.4, -0.2) is 46.1 Å². The van der Waals surface area contributed by atoms with Crippen molar-refractivity contribution >= 4 is 44.4 Å². The van der Waals surface area contributed by atoms with Crippen LogP contribution in [0.3, 0.4) is 0 Å². The van der Waals surface area contributed by atoms with E-state index in [0.717, 1.165) is 0 Å². The average Bonchev–Trinajstić information content (AvgIpc) is 2.63. The molecule has 0 amide bonds. The Morgan fingerprint density at radius 1 is 1.47 bits per heavy atom. The van der Waals surface area contributed by atoms with Crippen LogP contribution in [-0.2, 0) is 9.84 Å². The number of sulfone groups is 1. The zero-order chi connectivity index (χ0) is 12.5. The highest BCUT2D eigenvalue weighted by atomic mass is 35.5. The number of rotatable bonds is 4. The minimum atomic E-state index is -2.97. The smallest absolute Gasteiger partial charge is 0.225 e. The zero-order valence-corrected chi connectivity index (χ0v) is 11.2. The summed E-state index contributed by atoms with van der Waals surface area (Å²) in [5, 5.41) is 0.715. The first-order chi connectivity index (χ1) is 7.96. The Balaban J connectivity index is 2.20. The number of H-pyrrole nitrogens is 1. The maximum Gasteiger partial charge on any atom is 0.225 e. The number of imidazole rings is 1. The lowest BCUT2D eigenvalue weighted by molar-refractivity contribution is 0.603. The quantitative estimate of drug-likeness (QED) is 0.516. The van der Waals surface area contributed by atoms with E-state index in [-0.39, 0.29) is 11.0 Å². The van der Waals surface area contributed by atoms with Gasteiger partial charge < -0.3 is 4.98 Å². The van der Waals surface area contributed by atoms with Crippen molar-refractivity contribution in [2.45, 2.75) is 5.03 Å². The van der Waals surface area contributed by atoms with Crippen molar-refractivity contribution in [3.8, 4) is 0 Å². The van der Waals surface area contributed by atoms with Crippen LogP contribution >= 0.6 is 23.4 Å². The number of hydrogen-bond acceptors (Lipinski definition) is 6. The van der Waals surface area contributed by atoms with Gasteiger partial charge in [0.1, 0.15) is 20.4 Å². The number of hydrogen-bond donors (Lipinski definition) is 1. The molecule has 0 bridgehead atoms. The van der Waals surface area contributed by atoms with Crippen molar-refractivity contribution in [3.05, 3.63) is 11.6 Å². The lowest BCUT2D eigenvalue weighted by Crippen LogP contribution is -2.05. The van der Waals surface area contributed by atoms with Gasteiger partial charge >= 0.3 is 0 Å². The number of fused-ring (bicyclic) bond motifs is 1. The Morgan fingerprint density at radius 2 is 2.24 bits per heavy atom. The fourth-order valence-corrected chi connectivity index (χ4v) is 3.57. The Hall–Kier alpha value is -0.860. The van der Waals surface area contributed by atoms with Gasteiger partial charge in [-0.05, 0) is 11.6 Å². The van der Waals surface area contributed by atoms with Gasteiger partial charge in [0, 0.05) is 12.0 Å². The number of aromatic amines is 1. The molecule has 0 fully saturated rings. The van der Waals surface area contributed by atoms with Gasteiger partial charge in [-0.15, -0.1) is 11.8 Å². The molecule has 9 heteroatoms. The van der Waals surface area contributed by atoms with E-state index >= 15 is 0 Å². The minimum absolute atomic E-state index is 0.0922. The summed E-state index contributed by atoms with van der Waals surface area (Å²) in [5.74, 6) is 0.509. The van der Waals surface area contributed by atoms with E-state index in [0.29, 0.717) is 21.9 Å². The third-order valence-corrected chi connectivity index (χ3v) is 4.27. The summed E-state index contributed by atoms with van der Waals surface area (Å²) >= 11 is 7.05. The highest BCUT2D eigenvalue weighted by Gasteiger charge is 2.10. The van der Waals surface area contributed by atoms with Crippen molar-refractivity contribution < 1.29 is 8.42 Å². The summed E-state index contributed by atoms with van der Waals surface area (Å²) < 4.78 is 22.0. The molecule has 0 atom stereocenters. The van der Waals surface area contributed by atoms with Gasteiger partial charge in [-0.25, -0.2) is 18.4 Å². The summed E-state index contributed by atoms with van der Waals surface area (Å²) in [7, 11) is -2.97. The van der Waals surface area contributed by atoms with Crippen LogP contribution < -0.4 is 0 Å². The second-order valence-electron chi connectivity index (χ2n) is 3.38. The van der Waals surface area contributed by atoms with E-state index in [1.54, 1.807) is 0 Å². The first-order valence-corrected chi connectivity index (χ1v) is 8.05. The summed E-state index contributed by atoms with van der Waals surface area (Å²) in [6.45, 7) is 0. The number of halogens is 1. The molecule has 0 radical (unpaired) electrons. The third-order valence-electron chi connectivity index (χ3n) is 1.92. The lowest BCUT2D eigenvalue weighted by Gasteiger charge is -2.01. The molecule has 2 heterocycles. The predicted octanol–water partition coefficient (Wildman–Crippen LogP) is 1.14. The van der Waals surface area contributed by atoms with Crippen LogP contribution in [0.5, 0.6) is 0 Å². The molecule has 0 saturated carbocycles. The topological polar surface area (TPSA) is 88.6 Å². The Labute approximate surface area is 107 Å². The Bertz CT molecular complexity index is 640. The van der Waals surface area contributed by atoms with Crippen molar-refractivity contribution in [1.82, 2.24) is 19.9 Å². The van der Waals surface area contributed by atoms with Gasteiger partial charge in [0.05, 0.1) is 12.1 Å². The highest BCUT2D eigenvalue weighted by Crippen LogP contribution is 2.24. The summed E-state index contributed by atoms with van der Waals surface area (Å²) in [4.78, 5) is 14.9. The fraction of sp³-hybridized carbons (Fsp3) is 0.375. The molecule has 0 aromatic carbocycles. The number of nitrogens with zero attached hydrogens (tertiary/aromatic N) is 3. The Morgan fingerprint density at radius 3 is 2.94 bits per heavy atom. The van der Waals surface area contributed by atoms with Gasteiger partial charge in [-0.3, -0.25) is 0 Å². The summed E-state index contributed by atoms with van der Waals surface area (Å²) in [5.41, 5.74) is 1.15. The highest BCUT2D eigenvalue weighted by molar-refractivity contribution is 8.00. The number of aromatic nitrogens is 4. The first-order valence-electron chi connectivity index (χ1n) is 4.63. The molecule has 0 spiro atoms. The van der Waals surface area contributed by atoms with Crippen LogP contribution in [0.15, 0.2) is 11.4 Å². The SMILES string of the molecule is CS(=O)(=O)CCSc1nc(Cl)nc2nc[nH]c12. The molecule has 1 N–H and O–H groups in total. The van der Waals surface area contributed by atoms with Gasteiger partial charge in [0.2, 0.25) is 5.28 Å². The largest absolute Gasteiger partial charge is 0.341 e. The monoisotopic (exact) mass is 292 g/mol. The molecule has 2 aromatic rings.